The van der Waals surface area contributed by atoms with Crippen molar-refractivity contribution in [3.05, 3.63) is 58.3 Å². The monoisotopic (exact) mass is 479 g/mol. The van der Waals surface area contributed by atoms with Crippen molar-refractivity contribution < 1.29 is 18.7 Å². The number of hydrogen-bond acceptors (Lipinski definition) is 3. The lowest BCUT2D eigenvalue weighted by Crippen LogP contribution is -2.46. The topological polar surface area (TPSA) is 61.9 Å². The third kappa shape index (κ3) is 5.27. The molecule has 0 spiro atoms. The first-order chi connectivity index (χ1) is 15.4. The summed E-state index contributed by atoms with van der Waals surface area (Å²) in [6.07, 6.45) is 3.23. The zero-order valence-electron chi connectivity index (χ0n) is 17.4. The summed E-state index contributed by atoms with van der Waals surface area (Å²) in [5.41, 5.74) is 0.850. The van der Waals surface area contributed by atoms with Crippen LogP contribution in [0.4, 0.5) is 14.9 Å². The minimum atomic E-state index is -0.589. The van der Waals surface area contributed by atoms with Gasteiger partial charge in [0.05, 0.1) is 5.02 Å². The number of benzene rings is 2. The van der Waals surface area contributed by atoms with E-state index < -0.39 is 5.82 Å². The first-order valence-electron chi connectivity index (χ1n) is 10.6. The van der Waals surface area contributed by atoms with Gasteiger partial charge in [0, 0.05) is 41.9 Å². The Labute approximate surface area is 196 Å². The lowest BCUT2D eigenvalue weighted by molar-refractivity contribution is -0.124. The van der Waals surface area contributed by atoms with E-state index >= 15 is 0 Å². The Kier molecular flexibility index (Phi) is 7.06. The predicted octanol–water partition coefficient (Wildman–Crippen LogP) is 4.88. The summed E-state index contributed by atoms with van der Waals surface area (Å²) in [7, 11) is 0. The summed E-state index contributed by atoms with van der Waals surface area (Å²) in [5, 5.41) is 3.62. The second-order valence-corrected chi connectivity index (χ2v) is 8.89. The fourth-order valence-corrected chi connectivity index (χ4v) is 4.51. The van der Waals surface area contributed by atoms with Crippen LogP contribution in [0.2, 0.25) is 10.0 Å². The molecule has 0 bridgehead atoms. The number of rotatable bonds is 6. The van der Waals surface area contributed by atoms with E-state index in [2.05, 4.69) is 5.32 Å². The lowest BCUT2D eigenvalue weighted by atomic mass is 9.90. The highest BCUT2D eigenvalue weighted by Gasteiger charge is 2.36. The summed E-state index contributed by atoms with van der Waals surface area (Å²) in [6, 6.07) is 11.6. The van der Waals surface area contributed by atoms with Crippen LogP contribution in [0.25, 0.3) is 0 Å². The lowest BCUT2D eigenvalue weighted by Gasteiger charge is -2.34. The van der Waals surface area contributed by atoms with Crippen molar-refractivity contribution in [3.8, 4) is 5.75 Å². The SMILES string of the molecule is O=C(COc1ccc(Cl)c(F)c1)N[C@H]1CC[C@H](N2CCN(c3ccc(Cl)cc3)C2=O)CC1. The quantitative estimate of drug-likeness (QED) is 0.641. The molecular formula is C23H24Cl2FN3O3. The normalized spacial score (nSPS) is 21.0. The molecule has 6 nitrogen and oxygen atoms in total. The fraction of sp³-hybridized carbons (Fsp3) is 0.391. The van der Waals surface area contributed by atoms with Gasteiger partial charge in [0.1, 0.15) is 11.6 Å². The van der Waals surface area contributed by atoms with E-state index in [-0.39, 0.29) is 41.4 Å². The first kappa shape index (κ1) is 22.7. The van der Waals surface area contributed by atoms with E-state index in [1.807, 2.05) is 17.0 Å². The number of nitrogens with zero attached hydrogens (tertiary/aromatic N) is 2. The molecule has 1 heterocycles. The molecule has 2 aromatic carbocycles. The van der Waals surface area contributed by atoms with E-state index in [0.717, 1.165) is 37.4 Å². The minimum Gasteiger partial charge on any atom is -0.484 e. The van der Waals surface area contributed by atoms with Crippen LogP contribution in [0.5, 0.6) is 5.75 Å². The predicted molar refractivity (Wildman–Crippen MR) is 122 cm³/mol. The Balaban J connectivity index is 1.22. The van der Waals surface area contributed by atoms with Crippen LogP contribution in [-0.4, -0.2) is 48.6 Å². The molecule has 1 N–H and O–H groups in total. The molecule has 32 heavy (non-hydrogen) atoms. The molecule has 2 aromatic rings. The van der Waals surface area contributed by atoms with Crippen molar-refractivity contribution in [2.75, 3.05) is 24.6 Å². The Morgan fingerprint density at radius 2 is 1.78 bits per heavy atom. The number of urea groups is 1. The van der Waals surface area contributed by atoms with E-state index in [1.54, 1.807) is 17.0 Å². The van der Waals surface area contributed by atoms with E-state index in [9.17, 15) is 14.0 Å². The van der Waals surface area contributed by atoms with Crippen LogP contribution >= 0.6 is 23.2 Å². The molecule has 170 valence electrons. The van der Waals surface area contributed by atoms with E-state index in [4.69, 9.17) is 27.9 Å². The summed E-state index contributed by atoms with van der Waals surface area (Å²) >= 11 is 11.6. The van der Waals surface area contributed by atoms with Gasteiger partial charge in [-0.25, -0.2) is 9.18 Å². The van der Waals surface area contributed by atoms with Gasteiger partial charge in [-0.2, -0.15) is 0 Å². The molecule has 1 aliphatic carbocycles. The molecule has 2 aliphatic rings. The van der Waals surface area contributed by atoms with Crippen LogP contribution in [0.15, 0.2) is 42.5 Å². The van der Waals surface area contributed by atoms with Gasteiger partial charge in [0.25, 0.3) is 5.91 Å². The molecule has 2 fully saturated rings. The molecule has 0 aromatic heterocycles. The highest BCUT2D eigenvalue weighted by atomic mass is 35.5. The first-order valence-corrected chi connectivity index (χ1v) is 11.4. The van der Waals surface area contributed by atoms with Crippen LogP contribution in [0.3, 0.4) is 0 Å². The average Bonchev–Trinajstić information content (AvgIpc) is 3.17. The van der Waals surface area contributed by atoms with E-state index in [1.165, 1.54) is 12.1 Å². The van der Waals surface area contributed by atoms with Gasteiger partial charge in [-0.1, -0.05) is 23.2 Å². The van der Waals surface area contributed by atoms with Crippen molar-refractivity contribution in [2.24, 2.45) is 0 Å². The molecule has 1 aliphatic heterocycles. The summed E-state index contributed by atoms with van der Waals surface area (Å²) < 4.78 is 18.8. The maximum atomic E-state index is 13.5. The molecule has 0 unspecified atom stereocenters. The second kappa shape index (κ2) is 9.96. The Hall–Kier alpha value is -2.51. The van der Waals surface area contributed by atoms with Gasteiger partial charge in [-0.15, -0.1) is 0 Å². The highest BCUT2D eigenvalue weighted by molar-refractivity contribution is 6.31. The smallest absolute Gasteiger partial charge is 0.324 e. The standard InChI is InChI=1S/C23H24Cl2FN3O3/c24-15-1-5-17(6-2-15)28-11-12-29(23(28)31)18-7-3-16(4-8-18)27-22(30)14-32-19-9-10-20(25)21(26)13-19/h1-2,5-6,9-10,13,16,18H,3-4,7-8,11-12,14H2,(H,27,30)/t16-,18-. The highest BCUT2D eigenvalue weighted by Crippen LogP contribution is 2.29. The third-order valence-electron chi connectivity index (χ3n) is 5.94. The maximum absolute atomic E-state index is 13.5. The zero-order chi connectivity index (χ0) is 22.7. The van der Waals surface area contributed by atoms with Crippen molar-refractivity contribution in [1.29, 1.82) is 0 Å². The fourth-order valence-electron chi connectivity index (χ4n) is 4.27. The average molecular weight is 480 g/mol. The molecule has 3 amide bonds. The number of hydrogen-bond donors (Lipinski definition) is 1. The molecule has 0 atom stereocenters. The number of amides is 3. The Bertz CT molecular complexity index is 981. The van der Waals surface area contributed by atoms with Crippen molar-refractivity contribution in [1.82, 2.24) is 10.2 Å². The van der Waals surface area contributed by atoms with Crippen LogP contribution in [0.1, 0.15) is 25.7 Å². The molecule has 9 heteroatoms. The van der Waals surface area contributed by atoms with Gasteiger partial charge in [-0.3, -0.25) is 9.69 Å². The largest absolute Gasteiger partial charge is 0.484 e. The zero-order valence-corrected chi connectivity index (χ0v) is 18.9. The van der Waals surface area contributed by atoms with Gasteiger partial charge < -0.3 is 15.0 Å². The molecule has 1 saturated carbocycles. The van der Waals surface area contributed by atoms with Crippen LogP contribution in [-0.2, 0) is 4.79 Å². The summed E-state index contributed by atoms with van der Waals surface area (Å²) in [4.78, 5) is 28.8. The molecule has 0 radical (unpaired) electrons. The molecule has 4 rings (SSSR count). The number of halogens is 3. The van der Waals surface area contributed by atoms with Gasteiger partial charge in [0.15, 0.2) is 6.61 Å². The number of anilines is 1. The maximum Gasteiger partial charge on any atom is 0.324 e. The van der Waals surface area contributed by atoms with Crippen molar-refractivity contribution >= 4 is 40.8 Å². The molecular weight excluding hydrogens is 456 g/mol. The number of nitrogens with one attached hydrogen (secondary N) is 1. The molecule has 1 saturated heterocycles. The summed E-state index contributed by atoms with van der Waals surface area (Å²) in [5.74, 6) is -0.590. The van der Waals surface area contributed by atoms with Crippen LogP contribution < -0.4 is 15.0 Å². The number of carbonyl (C=O) groups excluding carboxylic acids is 2. The van der Waals surface area contributed by atoms with Crippen molar-refractivity contribution in [2.45, 2.75) is 37.8 Å². The third-order valence-corrected chi connectivity index (χ3v) is 6.50. The minimum absolute atomic E-state index is 0.00586. The Morgan fingerprint density at radius 3 is 2.47 bits per heavy atom. The van der Waals surface area contributed by atoms with Gasteiger partial charge in [-0.05, 0) is 62.1 Å². The van der Waals surface area contributed by atoms with Crippen LogP contribution in [0, 0.1) is 5.82 Å². The van der Waals surface area contributed by atoms with Gasteiger partial charge >= 0.3 is 6.03 Å². The van der Waals surface area contributed by atoms with Crippen molar-refractivity contribution in [3.63, 3.8) is 0 Å². The number of ether oxygens (including phenoxy) is 1. The number of carbonyl (C=O) groups is 2. The second-order valence-electron chi connectivity index (χ2n) is 8.04. The Morgan fingerprint density at radius 1 is 1.06 bits per heavy atom. The van der Waals surface area contributed by atoms with Gasteiger partial charge in [0.2, 0.25) is 0 Å². The van der Waals surface area contributed by atoms with E-state index in [0.29, 0.717) is 18.1 Å². The summed E-state index contributed by atoms with van der Waals surface area (Å²) in [6.45, 7) is 1.15.